The number of alkyl halides is 3. The predicted octanol–water partition coefficient (Wildman–Crippen LogP) is 5.96. The summed E-state index contributed by atoms with van der Waals surface area (Å²) in [7, 11) is 0. The van der Waals surface area contributed by atoms with Gasteiger partial charge in [0.1, 0.15) is 6.04 Å². The fourth-order valence-electron chi connectivity index (χ4n) is 3.48. The first-order chi connectivity index (χ1) is 13.3. The zero-order valence-corrected chi connectivity index (χ0v) is 16.0. The number of hydrogen-bond donors (Lipinski definition) is 2. The molecule has 1 aliphatic rings. The van der Waals surface area contributed by atoms with Crippen molar-refractivity contribution in [3.05, 3.63) is 64.7 Å². The van der Waals surface area contributed by atoms with E-state index in [1.54, 1.807) is 24.3 Å². The number of amides is 1. The van der Waals surface area contributed by atoms with E-state index < -0.39 is 17.8 Å². The summed E-state index contributed by atoms with van der Waals surface area (Å²) in [6, 6.07) is 10.9. The van der Waals surface area contributed by atoms with Gasteiger partial charge >= 0.3 is 6.18 Å². The van der Waals surface area contributed by atoms with Gasteiger partial charge in [0.25, 0.3) is 0 Å². The Kier molecular flexibility index (Phi) is 6.50. The minimum absolute atomic E-state index is 0.0783. The van der Waals surface area contributed by atoms with Gasteiger partial charge in [-0.2, -0.15) is 13.2 Å². The van der Waals surface area contributed by atoms with Gasteiger partial charge in [0.2, 0.25) is 5.91 Å². The summed E-state index contributed by atoms with van der Waals surface area (Å²) in [6.07, 6.45) is 0.630. The summed E-state index contributed by atoms with van der Waals surface area (Å²) < 4.78 is 39.1. The molecule has 3 nitrogen and oxygen atoms in total. The number of benzene rings is 2. The SMILES string of the molecule is O=C(NC1CCCCC1)C(Nc1cccc(C(F)(F)F)c1)c1ccccc1Cl. The molecule has 1 unspecified atom stereocenters. The molecule has 1 saturated carbocycles. The summed E-state index contributed by atoms with van der Waals surface area (Å²) in [5.74, 6) is -0.294. The molecular formula is C21H22ClF3N2O. The highest BCUT2D eigenvalue weighted by molar-refractivity contribution is 6.31. The number of hydrogen-bond acceptors (Lipinski definition) is 2. The Morgan fingerprint density at radius 1 is 1.04 bits per heavy atom. The molecule has 28 heavy (non-hydrogen) atoms. The first kappa shape index (κ1) is 20.5. The lowest BCUT2D eigenvalue weighted by Crippen LogP contribution is -2.41. The van der Waals surface area contributed by atoms with Gasteiger partial charge in [-0.25, -0.2) is 0 Å². The molecule has 2 aromatic carbocycles. The highest BCUT2D eigenvalue weighted by atomic mass is 35.5. The Balaban J connectivity index is 1.86. The smallest absolute Gasteiger partial charge is 0.370 e. The molecule has 0 radical (unpaired) electrons. The van der Waals surface area contributed by atoms with Crippen LogP contribution >= 0.6 is 11.6 Å². The largest absolute Gasteiger partial charge is 0.416 e. The van der Waals surface area contributed by atoms with Crippen molar-refractivity contribution in [2.75, 3.05) is 5.32 Å². The predicted molar refractivity (Wildman–Crippen MR) is 104 cm³/mol. The number of rotatable bonds is 5. The van der Waals surface area contributed by atoms with Crippen LogP contribution in [0, 0.1) is 0 Å². The van der Waals surface area contributed by atoms with E-state index in [4.69, 9.17) is 11.6 Å². The van der Waals surface area contributed by atoms with Crippen LogP contribution in [0.2, 0.25) is 5.02 Å². The van der Waals surface area contributed by atoms with Gasteiger partial charge in [-0.3, -0.25) is 4.79 Å². The van der Waals surface area contributed by atoms with Crippen molar-refractivity contribution < 1.29 is 18.0 Å². The van der Waals surface area contributed by atoms with Crippen LogP contribution in [0.3, 0.4) is 0 Å². The van der Waals surface area contributed by atoms with Gasteiger partial charge in [-0.05, 0) is 37.1 Å². The van der Waals surface area contributed by atoms with Crippen LogP contribution < -0.4 is 10.6 Å². The van der Waals surface area contributed by atoms with Gasteiger partial charge < -0.3 is 10.6 Å². The van der Waals surface area contributed by atoms with Gasteiger partial charge in [-0.1, -0.05) is 55.1 Å². The Bertz CT molecular complexity index is 819. The Hall–Kier alpha value is -2.21. The second kappa shape index (κ2) is 8.86. The number of carbonyl (C=O) groups excluding carboxylic acids is 1. The van der Waals surface area contributed by atoms with E-state index in [1.165, 1.54) is 12.1 Å². The van der Waals surface area contributed by atoms with E-state index in [-0.39, 0.29) is 17.6 Å². The molecule has 1 fully saturated rings. The van der Waals surface area contributed by atoms with E-state index in [0.29, 0.717) is 10.6 Å². The van der Waals surface area contributed by atoms with E-state index in [1.807, 2.05) is 0 Å². The third kappa shape index (κ3) is 5.19. The minimum atomic E-state index is -4.46. The quantitative estimate of drug-likeness (QED) is 0.638. The maximum atomic E-state index is 13.0. The van der Waals surface area contributed by atoms with Crippen LogP contribution in [0.25, 0.3) is 0 Å². The normalized spacial score (nSPS) is 16.4. The molecule has 150 valence electrons. The monoisotopic (exact) mass is 410 g/mol. The fraction of sp³-hybridized carbons (Fsp3) is 0.381. The van der Waals surface area contributed by atoms with Gasteiger partial charge in [0.05, 0.1) is 5.56 Å². The number of nitrogens with one attached hydrogen (secondary N) is 2. The molecule has 3 rings (SSSR count). The molecule has 0 aliphatic heterocycles. The van der Waals surface area contributed by atoms with Gasteiger partial charge in [0.15, 0.2) is 0 Å². The fourth-order valence-corrected chi connectivity index (χ4v) is 3.72. The minimum Gasteiger partial charge on any atom is -0.370 e. The average molecular weight is 411 g/mol. The van der Waals surface area contributed by atoms with Crippen molar-refractivity contribution in [3.63, 3.8) is 0 Å². The maximum absolute atomic E-state index is 13.0. The van der Waals surface area contributed by atoms with Gasteiger partial charge in [0, 0.05) is 22.3 Å². The number of halogens is 4. The highest BCUT2D eigenvalue weighted by Crippen LogP contribution is 2.33. The Morgan fingerprint density at radius 3 is 2.43 bits per heavy atom. The lowest BCUT2D eigenvalue weighted by molar-refractivity contribution is -0.137. The van der Waals surface area contributed by atoms with Crippen LogP contribution in [0.15, 0.2) is 48.5 Å². The Labute approximate surface area is 167 Å². The van der Waals surface area contributed by atoms with E-state index in [0.717, 1.165) is 44.2 Å². The summed E-state index contributed by atoms with van der Waals surface area (Å²) >= 11 is 6.28. The summed E-state index contributed by atoms with van der Waals surface area (Å²) in [5, 5.41) is 6.35. The van der Waals surface area contributed by atoms with Gasteiger partial charge in [-0.15, -0.1) is 0 Å². The summed E-state index contributed by atoms with van der Waals surface area (Å²) in [5.41, 5.74) is -0.0449. The maximum Gasteiger partial charge on any atom is 0.416 e. The molecular weight excluding hydrogens is 389 g/mol. The van der Waals surface area contributed by atoms with Crippen LogP contribution in [0.4, 0.5) is 18.9 Å². The topological polar surface area (TPSA) is 41.1 Å². The second-order valence-electron chi connectivity index (χ2n) is 7.02. The van der Waals surface area contributed by atoms with Crippen molar-refractivity contribution in [1.29, 1.82) is 0 Å². The second-order valence-corrected chi connectivity index (χ2v) is 7.43. The highest BCUT2D eigenvalue weighted by Gasteiger charge is 2.31. The third-order valence-electron chi connectivity index (χ3n) is 4.93. The van der Waals surface area contributed by atoms with Crippen molar-refractivity contribution in [2.24, 2.45) is 0 Å². The molecule has 0 heterocycles. The van der Waals surface area contributed by atoms with Crippen molar-refractivity contribution >= 4 is 23.2 Å². The molecule has 1 amide bonds. The first-order valence-electron chi connectivity index (χ1n) is 9.33. The molecule has 0 saturated heterocycles. The average Bonchev–Trinajstić information content (AvgIpc) is 2.67. The number of anilines is 1. The number of carbonyl (C=O) groups is 1. The molecule has 0 bridgehead atoms. The van der Waals surface area contributed by atoms with E-state index in [9.17, 15) is 18.0 Å². The van der Waals surface area contributed by atoms with Crippen LogP contribution in [0.5, 0.6) is 0 Å². The van der Waals surface area contributed by atoms with Crippen molar-refractivity contribution in [1.82, 2.24) is 5.32 Å². The summed E-state index contributed by atoms with van der Waals surface area (Å²) in [4.78, 5) is 13.0. The third-order valence-corrected chi connectivity index (χ3v) is 5.28. The molecule has 1 aliphatic carbocycles. The molecule has 7 heteroatoms. The first-order valence-corrected chi connectivity index (χ1v) is 9.71. The lowest BCUT2D eigenvalue weighted by Gasteiger charge is -2.27. The Morgan fingerprint density at radius 2 is 1.75 bits per heavy atom. The van der Waals surface area contributed by atoms with Crippen molar-refractivity contribution in [2.45, 2.75) is 50.4 Å². The standard InChI is InChI=1S/C21H22ClF3N2O/c22-18-12-5-4-11-17(18)19(20(28)27-15-8-2-1-3-9-15)26-16-10-6-7-14(13-16)21(23,24)25/h4-7,10-13,15,19,26H,1-3,8-9H2,(H,27,28). The summed E-state index contributed by atoms with van der Waals surface area (Å²) in [6.45, 7) is 0. The molecule has 2 N–H and O–H groups in total. The zero-order chi connectivity index (χ0) is 20.1. The molecule has 0 spiro atoms. The molecule has 2 aromatic rings. The molecule has 0 aromatic heterocycles. The van der Waals surface area contributed by atoms with E-state index >= 15 is 0 Å². The zero-order valence-electron chi connectivity index (χ0n) is 15.2. The van der Waals surface area contributed by atoms with Crippen LogP contribution in [-0.4, -0.2) is 11.9 Å². The van der Waals surface area contributed by atoms with E-state index in [2.05, 4.69) is 10.6 Å². The van der Waals surface area contributed by atoms with Crippen LogP contribution in [0.1, 0.15) is 49.3 Å². The van der Waals surface area contributed by atoms with Crippen molar-refractivity contribution in [3.8, 4) is 0 Å². The lowest BCUT2D eigenvalue weighted by atomic mass is 9.95. The van der Waals surface area contributed by atoms with Crippen LogP contribution in [-0.2, 0) is 11.0 Å². The molecule has 1 atom stereocenters.